The van der Waals surface area contributed by atoms with E-state index in [1.165, 1.54) is 0 Å². The van der Waals surface area contributed by atoms with Gasteiger partial charge in [0.2, 0.25) is 0 Å². The van der Waals surface area contributed by atoms with Crippen LogP contribution in [0.1, 0.15) is 32.6 Å². The van der Waals surface area contributed by atoms with Crippen molar-refractivity contribution in [3.63, 3.8) is 0 Å². The van der Waals surface area contributed by atoms with Crippen LogP contribution in [0.25, 0.3) is 26.3 Å². The van der Waals surface area contributed by atoms with E-state index in [0.29, 0.717) is 11.8 Å². The van der Waals surface area contributed by atoms with Crippen LogP contribution in [0.5, 0.6) is 11.5 Å². The zero-order valence-electron chi connectivity index (χ0n) is 17.9. The average Bonchev–Trinajstić information content (AvgIpc) is 3.37. The van der Waals surface area contributed by atoms with Gasteiger partial charge in [0.15, 0.2) is 17.1 Å². The van der Waals surface area contributed by atoms with Gasteiger partial charge in [0.1, 0.15) is 11.5 Å². The van der Waals surface area contributed by atoms with Crippen LogP contribution in [0.4, 0.5) is 5.82 Å². The Kier molecular flexibility index (Phi) is 4.98. The molecule has 31 heavy (non-hydrogen) atoms. The molecule has 3 aromatic heterocycles. The number of nitrogens with one attached hydrogen (secondary N) is 1. The first-order chi connectivity index (χ1) is 15.0. The predicted molar refractivity (Wildman–Crippen MR) is 123 cm³/mol. The molecule has 1 aliphatic carbocycles. The van der Waals surface area contributed by atoms with Crippen molar-refractivity contribution in [1.29, 1.82) is 0 Å². The van der Waals surface area contributed by atoms with Gasteiger partial charge in [-0.15, -0.1) is 16.4 Å². The first-order valence-electron chi connectivity index (χ1n) is 10.5. The number of aromatic nitrogens is 3. The zero-order valence-corrected chi connectivity index (χ0v) is 18.7. The summed E-state index contributed by atoms with van der Waals surface area (Å²) in [5, 5.41) is 19.6. The molecule has 0 bridgehead atoms. The Morgan fingerprint density at radius 1 is 1.13 bits per heavy atom. The lowest BCUT2D eigenvalue weighted by Gasteiger charge is -2.33. The molecule has 0 radical (unpaired) electrons. The van der Waals surface area contributed by atoms with Crippen LogP contribution < -0.4 is 14.8 Å². The van der Waals surface area contributed by atoms with Gasteiger partial charge >= 0.3 is 0 Å². The van der Waals surface area contributed by atoms with Crippen LogP contribution in [0.3, 0.4) is 0 Å². The molecule has 1 saturated carbocycles. The number of fused-ring (bicyclic) bond motifs is 2. The highest BCUT2D eigenvalue weighted by molar-refractivity contribution is 7.22. The van der Waals surface area contributed by atoms with E-state index in [9.17, 15) is 5.11 Å². The fourth-order valence-electron chi connectivity index (χ4n) is 4.20. The topological polar surface area (TPSA) is 80.9 Å². The van der Waals surface area contributed by atoms with E-state index in [4.69, 9.17) is 14.6 Å². The molecule has 0 saturated heterocycles. The van der Waals surface area contributed by atoms with Crippen molar-refractivity contribution in [3.8, 4) is 22.1 Å². The standard InChI is InChI=1S/C23H26N4O3S/c1-23(28)8-6-15(7-9-23)25-21-4-5-22-24-13-16(27(22)26-21)20-11-14-10-17(29-2)18(30-3)12-19(14)31-20/h4-5,10-13,15,28H,6-9H2,1-3H3,(H,25,26). The molecule has 2 N–H and O–H groups in total. The zero-order chi connectivity index (χ0) is 21.6. The number of hydrogen-bond acceptors (Lipinski definition) is 7. The summed E-state index contributed by atoms with van der Waals surface area (Å²) in [6.07, 6.45) is 5.34. The maximum absolute atomic E-state index is 10.2. The van der Waals surface area contributed by atoms with Gasteiger partial charge in [0, 0.05) is 16.8 Å². The van der Waals surface area contributed by atoms with E-state index in [1.807, 2.05) is 41.9 Å². The molecule has 0 atom stereocenters. The second kappa shape index (κ2) is 7.69. The molecular formula is C23H26N4O3S. The van der Waals surface area contributed by atoms with Crippen molar-refractivity contribution >= 4 is 32.9 Å². The number of rotatable bonds is 5. The molecule has 0 amide bonds. The van der Waals surface area contributed by atoms with E-state index in [-0.39, 0.29) is 0 Å². The Hall–Kier alpha value is -2.84. The summed E-state index contributed by atoms with van der Waals surface area (Å²) in [7, 11) is 3.29. The van der Waals surface area contributed by atoms with Gasteiger partial charge in [-0.1, -0.05) is 0 Å². The van der Waals surface area contributed by atoms with E-state index in [0.717, 1.165) is 63.6 Å². The normalized spacial score (nSPS) is 21.5. The van der Waals surface area contributed by atoms with Gasteiger partial charge in [-0.2, -0.15) is 0 Å². The molecule has 1 fully saturated rings. The molecule has 7 nitrogen and oxygen atoms in total. The van der Waals surface area contributed by atoms with Crippen molar-refractivity contribution in [1.82, 2.24) is 14.6 Å². The third kappa shape index (κ3) is 3.81. The predicted octanol–water partition coefficient (Wildman–Crippen LogP) is 4.73. The maximum atomic E-state index is 10.2. The quantitative estimate of drug-likeness (QED) is 0.469. The van der Waals surface area contributed by atoms with Gasteiger partial charge in [-0.25, -0.2) is 9.50 Å². The highest BCUT2D eigenvalue weighted by atomic mass is 32.1. The largest absolute Gasteiger partial charge is 0.493 e. The van der Waals surface area contributed by atoms with Crippen LogP contribution in [0, 0.1) is 0 Å². The highest BCUT2D eigenvalue weighted by Gasteiger charge is 2.28. The van der Waals surface area contributed by atoms with Crippen LogP contribution in [-0.4, -0.2) is 45.6 Å². The summed E-state index contributed by atoms with van der Waals surface area (Å²) in [6.45, 7) is 1.92. The molecule has 5 rings (SSSR count). The highest BCUT2D eigenvalue weighted by Crippen LogP contribution is 2.40. The molecule has 1 aliphatic rings. The lowest BCUT2D eigenvalue weighted by molar-refractivity contribution is 0.0196. The molecule has 0 unspecified atom stereocenters. The number of nitrogens with zero attached hydrogens (tertiary/aromatic N) is 3. The summed E-state index contributed by atoms with van der Waals surface area (Å²) in [5.41, 5.74) is 1.21. The van der Waals surface area contributed by atoms with Gasteiger partial charge in [-0.3, -0.25) is 0 Å². The number of imidazole rings is 1. The first kappa shape index (κ1) is 20.1. The SMILES string of the molecule is COc1cc2cc(-c3cnc4ccc(NC5CCC(C)(O)CC5)nn34)sc2cc1OC. The van der Waals surface area contributed by atoms with Crippen LogP contribution in [0.2, 0.25) is 0 Å². The smallest absolute Gasteiger partial charge is 0.162 e. The van der Waals surface area contributed by atoms with Crippen LogP contribution >= 0.6 is 11.3 Å². The minimum Gasteiger partial charge on any atom is -0.493 e. The number of thiophene rings is 1. The Morgan fingerprint density at radius 2 is 1.87 bits per heavy atom. The fourth-order valence-corrected chi connectivity index (χ4v) is 5.27. The van der Waals surface area contributed by atoms with E-state index in [2.05, 4.69) is 16.4 Å². The lowest BCUT2D eigenvalue weighted by atomic mass is 9.84. The first-order valence-corrected chi connectivity index (χ1v) is 11.3. The summed E-state index contributed by atoms with van der Waals surface area (Å²) in [5.74, 6) is 2.26. The molecular weight excluding hydrogens is 412 g/mol. The molecule has 162 valence electrons. The Morgan fingerprint density at radius 3 is 2.61 bits per heavy atom. The molecule has 4 aromatic rings. The Bertz CT molecular complexity index is 1200. The van der Waals surface area contributed by atoms with Crippen molar-refractivity contribution in [3.05, 3.63) is 36.5 Å². The number of ether oxygens (including phenoxy) is 2. The monoisotopic (exact) mass is 438 g/mol. The van der Waals surface area contributed by atoms with Crippen molar-refractivity contribution in [2.45, 2.75) is 44.2 Å². The van der Waals surface area contributed by atoms with Crippen molar-refractivity contribution in [2.75, 3.05) is 19.5 Å². The third-order valence-electron chi connectivity index (χ3n) is 6.05. The molecule has 0 aliphatic heterocycles. The van der Waals surface area contributed by atoms with Gasteiger partial charge in [0.25, 0.3) is 0 Å². The van der Waals surface area contributed by atoms with Crippen molar-refractivity contribution < 1.29 is 14.6 Å². The van der Waals surface area contributed by atoms with Crippen LogP contribution in [-0.2, 0) is 0 Å². The van der Waals surface area contributed by atoms with E-state index >= 15 is 0 Å². The van der Waals surface area contributed by atoms with Gasteiger partial charge in [0.05, 0.1) is 30.9 Å². The number of methoxy groups -OCH3 is 2. The summed E-state index contributed by atoms with van der Waals surface area (Å²) in [4.78, 5) is 5.62. The molecule has 3 heterocycles. The summed E-state index contributed by atoms with van der Waals surface area (Å²) in [6, 6.07) is 10.4. The summed E-state index contributed by atoms with van der Waals surface area (Å²) < 4.78 is 13.9. The van der Waals surface area contributed by atoms with Gasteiger partial charge in [-0.05, 0) is 62.3 Å². The van der Waals surface area contributed by atoms with Gasteiger partial charge < -0.3 is 19.9 Å². The van der Waals surface area contributed by atoms with Crippen LogP contribution in [0.15, 0.2) is 36.5 Å². The Labute approximate surface area is 184 Å². The number of benzene rings is 1. The fraction of sp³-hybridized carbons (Fsp3) is 0.391. The second-order valence-corrected chi connectivity index (χ2v) is 9.49. The van der Waals surface area contributed by atoms with E-state index < -0.39 is 5.60 Å². The third-order valence-corrected chi connectivity index (χ3v) is 7.17. The minimum absolute atomic E-state index is 0.321. The lowest BCUT2D eigenvalue weighted by Crippen LogP contribution is -2.36. The Balaban J connectivity index is 1.47. The molecule has 8 heteroatoms. The number of aliphatic hydroxyl groups is 1. The molecule has 1 aromatic carbocycles. The molecule has 0 spiro atoms. The minimum atomic E-state index is -0.542. The number of hydrogen-bond donors (Lipinski definition) is 2. The van der Waals surface area contributed by atoms with Crippen molar-refractivity contribution in [2.24, 2.45) is 0 Å². The average molecular weight is 439 g/mol. The van der Waals surface area contributed by atoms with E-state index in [1.54, 1.807) is 25.6 Å². The summed E-state index contributed by atoms with van der Waals surface area (Å²) >= 11 is 1.68. The second-order valence-electron chi connectivity index (χ2n) is 8.40. The number of anilines is 1. The maximum Gasteiger partial charge on any atom is 0.162 e.